The maximum absolute atomic E-state index is 12.1. The predicted octanol–water partition coefficient (Wildman–Crippen LogP) is 3.88. The van der Waals surface area contributed by atoms with Gasteiger partial charge in [-0.25, -0.2) is 9.78 Å². The van der Waals surface area contributed by atoms with Crippen molar-refractivity contribution in [1.82, 2.24) is 4.98 Å². The molecule has 3 rings (SSSR count). The summed E-state index contributed by atoms with van der Waals surface area (Å²) >= 11 is 2.82. The molecule has 8 nitrogen and oxygen atoms in total. The molecule has 0 atom stereocenters. The van der Waals surface area contributed by atoms with Crippen LogP contribution >= 0.6 is 22.7 Å². The van der Waals surface area contributed by atoms with Gasteiger partial charge in [-0.15, -0.1) is 22.7 Å². The fourth-order valence-corrected chi connectivity index (χ4v) is 3.73. The van der Waals surface area contributed by atoms with Gasteiger partial charge in [-0.3, -0.25) is 14.9 Å². The number of aryl methyl sites for hydroxylation is 1. The van der Waals surface area contributed by atoms with Gasteiger partial charge in [0.25, 0.3) is 11.6 Å². The molecule has 3 aromatic rings. The molecule has 0 saturated heterocycles. The zero-order valence-corrected chi connectivity index (χ0v) is 15.6. The molecule has 0 aliphatic heterocycles. The molecule has 1 amide bonds. The Morgan fingerprint density at radius 2 is 2.11 bits per heavy atom. The van der Waals surface area contributed by atoms with Crippen molar-refractivity contribution in [2.24, 2.45) is 0 Å². The number of amides is 1. The molecule has 0 radical (unpaired) electrons. The maximum Gasteiger partial charge on any atom is 0.358 e. The lowest BCUT2D eigenvalue weighted by molar-refractivity contribution is -0.384. The van der Waals surface area contributed by atoms with Crippen LogP contribution < -0.4 is 5.32 Å². The van der Waals surface area contributed by atoms with E-state index in [-0.39, 0.29) is 11.4 Å². The third-order valence-electron chi connectivity index (χ3n) is 3.49. The monoisotopic (exact) mass is 403 g/mol. The topological polar surface area (TPSA) is 111 Å². The molecule has 0 aliphatic rings. The van der Waals surface area contributed by atoms with E-state index in [0.29, 0.717) is 16.3 Å². The Morgan fingerprint density at radius 1 is 1.30 bits per heavy atom. The SMILES string of the molecule is Cc1ccc([N+](=O)[O-])cc1NC(=O)COC(=O)c1csc(-c2cccs2)n1. The molecule has 0 saturated carbocycles. The average molecular weight is 403 g/mol. The van der Waals surface area contributed by atoms with Crippen LogP contribution in [0.15, 0.2) is 41.1 Å². The largest absolute Gasteiger partial charge is 0.451 e. The fraction of sp³-hybridized carbons (Fsp3) is 0.118. The van der Waals surface area contributed by atoms with Crippen LogP contribution in [0.3, 0.4) is 0 Å². The van der Waals surface area contributed by atoms with Gasteiger partial charge < -0.3 is 10.1 Å². The summed E-state index contributed by atoms with van der Waals surface area (Å²) in [5, 5.41) is 17.5. The van der Waals surface area contributed by atoms with E-state index in [1.807, 2.05) is 17.5 Å². The second kappa shape index (κ2) is 8.06. The summed E-state index contributed by atoms with van der Waals surface area (Å²) in [4.78, 5) is 39.5. The standard InChI is InChI=1S/C17H13N3O5S2/c1-10-4-5-11(20(23)24)7-12(10)18-15(21)8-25-17(22)13-9-27-16(19-13)14-3-2-6-26-14/h2-7,9H,8H2,1H3,(H,18,21). The molecule has 0 fully saturated rings. The molecular weight excluding hydrogens is 390 g/mol. The highest BCUT2D eigenvalue weighted by Gasteiger charge is 2.16. The number of hydrogen-bond donors (Lipinski definition) is 1. The van der Waals surface area contributed by atoms with Crippen LogP contribution in [0, 0.1) is 17.0 Å². The van der Waals surface area contributed by atoms with E-state index in [1.165, 1.54) is 40.9 Å². The third kappa shape index (κ3) is 4.54. The number of hydrogen-bond acceptors (Lipinski definition) is 8. The molecule has 0 unspecified atom stereocenters. The number of nitro benzene ring substituents is 1. The number of nitrogens with one attached hydrogen (secondary N) is 1. The first-order valence-corrected chi connectivity index (χ1v) is 9.41. The van der Waals surface area contributed by atoms with Crippen LogP contribution in [0.1, 0.15) is 16.1 Å². The maximum atomic E-state index is 12.1. The van der Waals surface area contributed by atoms with Crippen molar-refractivity contribution in [2.75, 3.05) is 11.9 Å². The Morgan fingerprint density at radius 3 is 2.81 bits per heavy atom. The first kappa shape index (κ1) is 18.7. The smallest absolute Gasteiger partial charge is 0.358 e. The Hall–Kier alpha value is -3.11. The zero-order chi connectivity index (χ0) is 19.4. The minimum Gasteiger partial charge on any atom is -0.451 e. The van der Waals surface area contributed by atoms with E-state index in [2.05, 4.69) is 10.3 Å². The van der Waals surface area contributed by atoms with E-state index >= 15 is 0 Å². The van der Waals surface area contributed by atoms with E-state index in [1.54, 1.807) is 12.3 Å². The molecule has 10 heteroatoms. The van der Waals surface area contributed by atoms with E-state index < -0.39 is 23.4 Å². The van der Waals surface area contributed by atoms with E-state index in [0.717, 1.165) is 4.88 Å². The molecule has 1 aromatic carbocycles. The van der Waals surface area contributed by atoms with Gasteiger partial charge >= 0.3 is 5.97 Å². The Kier molecular flexibility index (Phi) is 5.57. The molecular formula is C17H13N3O5S2. The summed E-state index contributed by atoms with van der Waals surface area (Å²) in [6.45, 7) is 1.18. The first-order chi connectivity index (χ1) is 12.9. The molecule has 27 heavy (non-hydrogen) atoms. The Balaban J connectivity index is 1.58. The summed E-state index contributed by atoms with van der Waals surface area (Å²) < 4.78 is 4.97. The van der Waals surface area contributed by atoms with Crippen LogP contribution in [-0.4, -0.2) is 28.4 Å². The van der Waals surface area contributed by atoms with E-state index in [4.69, 9.17) is 4.74 Å². The summed E-state index contributed by atoms with van der Waals surface area (Å²) in [7, 11) is 0. The molecule has 2 aromatic heterocycles. The number of carbonyl (C=O) groups excluding carboxylic acids is 2. The summed E-state index contributed by atoms with van der Waals surface area (Å²) in [6, 6.07) is 7.91. The lowest BCUT2D eigenvalue weighted by atomic mass is 10.2. The minimum absolute atomic E-state index is 0.128. The number of ether oxygens (including phenoxy) is 1. The number of rotatable bonds is 6. The van der Waals surface area contributed by atoms with Gasteiger partial charge in [0, 0.05) is 17.5 Å². The molecule has 0 aliphatic carbocycles. The van der Waals surface area contributed by atoms with Crippen LogP contribution in [0.4, 0.5) is 11.4 Å². The van der Waals surface area contributed by atoms with Gasteiger partial charge in [0.05, 0.1) is 15.5 Å². The van der Waals surface area contributed by atoms with Gasteiger partial charge in [0.2, 0.25) is 0 Å². The molecule has 0 bridgehead atoms. The Bertz CT molecular complexity index is 998. The highest BCUT2D eigenvalue weighted by atomic mass is 32.1. The summed E-state index contributed by atoms with van der Waals surface area (Å²) in [5.74, 6) is -1.30. The molecule has 1 N–H and O–H groups in total. The van der Waals surface area contributed by atoms with Crippen LogP contribution in [0.25, 0.3) is 9.88 Å². The number of benzene rings is 1. The molecule has 0 spiro atoms. The van der Waals surface area contributed by atoms with Crippen molar-refractivity contribution in [3.63, 3.8) is 0 Å². The van der Waals surface area contributed by atoms with Crippen molar-refractivity contribution in [2.45, 2.75) is 6.92 Å². The van der Waals surface area contributed by atoms with Gasteiger partial charge in [-0.2, -0.15) is 0 Å². The van der Waals surface area contributed by atoms with Gasteiger partial charge in [0.1, 0.15) is 5.01 Å². The number of thiazole rings is 1. The summed E-state index contributed by atoms with van der Waals surface area (Å²) in [6.07, 6.45) is 0. The van der Waals surface area contributed by atoms with Crippen molar-refractivity contribution in [3.8, 4) is 9.88 Å². The highest BCUT2D eigenvalue weighted by Crippen LogP contribution is 2.28. The molecule has 138 valence electrons. The number of carbonyl (C=O) groups is 2. The fourth-order valence-electron chi connectivity index (χ4n) is 2.13. The van der Waals surface area contributed by atoms with Crippen molar-refractivity contribution < 1.29 is 19.2 Å². The zero-order valence-electron chi connectivity index (χ0n) is 14.0. The normalized spacial score (nSPS) is 10.4. The van der Waals surface area contributed by atoms with Crippen molar-refractivity contribution >= 4 is 45.9 Å². The second-order valence-electron chi connectivity index (χ2n) is 5.40. The third-order valence-corrected chi connectivity index (χ3v) is 5.37. The number of nitrogens with zero attached hydrogens (tertiary/aromatic N) is 2. The number of anilines is 1. The number of nitro groups is 1. The van der Waals surface area contributed by atoms with Gasteiger partial charge in [-0.1, -0.05) is 12.1 Å². The quantitative estimate of drug-likeness (QED) is 0.380. The summed E-state index contributed by atoms with van der Waals surface area (Å²) in [5.41, 5.74) is 0.929. The van der Waals surface area contributed by atoms with Crippen LogP contribution in [0.5, 0.6) is 0 Å². The first-order valence-electron chi connectivity index (χ1n) is 7.65. The van der Waals surface area contributed by atoms with Gasteiger partial charge in [-0.05, 0) is 23.9 Å². The van der Waals surface area contributed by atoms with Crippen molar-refractivity contribution in [3.05, 3.63) is 62.5 Å². The number of non-ortho nitro benzene ring substituents is 1. The number of thiophene rings is 1. The highest BCUT2D eigenvalue weighted by molar-refractivity contribution is 7.20. The number of esters is 1. The van der Waals surface area contributed by atoms with Crippen molar-refractivity contribution in [1.29, 1.82) is 0 Å². The van der Waals surface area contributed by atoms with Crippen LogP contribution in [0.2, 0.25) is 0 Å². The average Bonchev–Trinajstić information content (AvgIpc) is 3.32. The van der Waals surface area contributed by atoms with E-state index in [9.17, 15) is 19.7 Å². The lowest BCUT2D eigenvalue weighted by Crippen LogP contribution is -2.21. The van der Waals surface area contributed by atoms with Gasteiger partial charge in [0.15, 0.2) is 12.3 Å². The minimum atomic E-state index is -0.708. The number of aromatic nitrogens is 1. The lowest BCUT2D eigenvalue weighted by Gasteiger charge is -2.08. The molecule has 2 heterocycles. The van der Waals surface area contributed by atoms with Crippen LogP contribution in [-0.2, 0) is 9.53 Å². The Labute approximate surface area is 161 Å². The second-order valence-corrected chi connectivity index (χ2v) is 7.20. The predicted molar refractivity (Wildman–Crippen MR) is 102 cm³/mol.